The third-order valence-corrected chi connectivity index (χ3v) is 5.57. The van der Waals surface area contributed by atoms with Crippen LogP contribution in [0.3, 0.4) is 0 Å². The molecule has 5 nitrogen and oxygen atoms in total. The van der Waals surface area contributed by atoms with Crippen molar-refractivity contribution in [2.45, 2.75) is 25.9 Å². The van der Waals surface area contributed by atoms with Gasteiger partial charge >= 0.3 is 0 Å². The molecule has 0 unspecified atom stereocenters. The number of aryl methyl sites for hydroxylation is 3. The van der Waals surface area contributed by atoms with Gasteiger partial charge in [0.15, 0.2) is 16.7 Å². The number of benzene rings is 2. The highest BCUT2D eigenvalue weighted by Gasteiger charge is 2.11. The van der Waals surface area contributed by atoms with Gasteiger partial charge in [0.1, 0.15) is 5.49 Å². The van der Waals surface area contributed by atoms with Crippen LogP contribution in [0.25, 0.3) is 11.3 Å². The lowest BCUT2D eigenvalue weighted by Crippen LogP contribution is -2.21. The maximum atomic E-state index is 5.46. The maximum Gasteiger partial charge on any atom is 0.169 e. The van der Waals surface area contributed by atoms with Crippen molar-refractivity contribution in [3.8, 4) is 22.8 Å². The lowest BCUT2D eigenvalue weighted by atomic mass is 10.1. The van der Waals surface area contributed by atoms with Gasteiger partial charge in [0.05, 0.1) is 25.6 Å². The monoisotopic (exact) mass is 409 g/mol. The van der Waals surface area contributed by atoms with Crippen molar-refractivity contribution in [1.82, 2.24) is 9.55 Å². The summed E-state index contributed by atoms with van der Waals surface area (Å²) in [5, 5.41) is 0.887. The minimum atomic E-state index is 0.675. The first-order chi connectivity index (χ1) is 13.9. The third kappa shape index (κ3) is 4.32. The number of hydrogen-bond donors (Lipinski definition) is 0. The topological polar surface area (TPSA) is 48.6 Å². The van der Waals surface area contributed by atoms with E-state index in [1.54, 1.807) is 26.0 Å². The average molecular weight is 410 g/mol. The van der Waals surface area contributed by atoms with E-state index >= 15 is 0 Å². The Kier molecular flexibility index (Phi) is 6.33. The molecule has 3 rings (SSSR count). The summed E-state index contributed by atoms with van der Waals surface area (Å²) >= 11 is 1.59. The van der Waals surface area contributed by atoms with Crippen molar-refractivity contribution in [3.05, 3.63) is 58.6 Å². The molecule has 0 saturated carbocycles. The van der Waals surface area contributed by atoms with Gasteiger partial charge < -0.3 is 14.0 Å². The van der Waals surface area contributed by atoms with E-state index in [0.717, 1.165) is 38.7 Å². The van der Waals surface area contributed by atoms with Gasteiger partial charge in [0.25, 0.3) is 0 Å². The molecule has 0 spiro atoms. The summed E-state index contributed by atoms with van der Waals surface area (Å²) in [4.78, 5) is 9.83. The van der Waals surface area contributed by atoms with Crippen LogP contribution >= 0.6 is 11.8 Å². The molecule has 0 bridgehead atoms. The smallest absolute Gasteiger partial charge is 0.169 e. The number of aromatic nitrogens is 2. The van der Waals surface area contributed by atoms with E-state index in [0.29, 0.717) is 11.5 Å². The Bertz CT molecular complexity index is 1100. The predicted octanol–water partition coefficient (Wildman–Crippen LogP) is 4.98. The Morgan fingerprint density at radius 1 is 0.931 bits per heavy atom. The van der Waals surface area contributed by atoms with Crippen molar-refractivity contribution in [1.29, 1.82) is 0 Å². The Morgan fingerprint density at radius 2 is 1.59 bits per heavy atom. The summed E-state index contributed by atoms with van der Waals surface area (Å²) < 4.78 is 12.8. The van der Waals surface area contributed by atoms with Gasteiger partial charge in [-0.3, -0.25) is 0 Å². The first kappa shape index (κ1) is 21.0. The van der Waals surface area contributed by atoms with Crippen LogP contribution in [-0.2, 0) is 7.05 Å². The van der Waals surface area contributed by atoms with Crippen molar-refractivity contribution < 1.29 is 9.47 Å². The van der Waals surface area contributed by atoms with Crippen LogP contribution in [0, 0.1) is 20.8 Å². The minimum Gasteiger partial charge on any atom is -0.493 e. The quantitative estimate of drug-likeness (QED) is 0.440. The molecule has 0 saturated heterocycles. The van der Waals surface area contributed by atoms with E-state index in [-0.39, 0.29) is 0 Å². The van der Waals surface area contributed by atoms with Crippen LogP contribution in [-0.4, -0.2) is 30.0 Å². The molecule has 3 aromatic rings. The summed E-state index contributed by atoms with van der Waals surface area (Å²) in [7, 11) is 5.26. The fourth-order valence-electron chi connectivity index (χ4n) is 3.42. The highest BCUT2D eigenvalue weighted by molar-refractivity contribution is 7.98. The molecule has 29 heavy (non-hydrogen) atoms. The number of nitrogens with zero attached hydrogens (tertiary/aromatic N) is 3. The van der Waals surface area contributed by atoms with Gasteiger partial charge in [0, 0.05) is 18.7 Å². The molecule has 0 amide bonds. The Hall–Kier alpha value is -2.73. The maximum absolute atomic E-state index is 5.46. The van der Waals surface area contributed by atoms with E-state index in [9.17, 15) is 0 Å². The summed E-state index contributed by atoms with van der Waals surface area (Å²) in [5.41, 5.74) is 7.22. The number of ether oxygens (including phenoxy) is 2. The van der Waals surface area contributed by atoms with Crippen LogP contribution in [0.5, 0.6) is 11.5 Å². The molecule has 2 aromatic carbocycles. The molecule has 0 radical (unpaired) electrons. The molecule has 0 atom stereocenters. The summed E-state index contributed by atoms with van der Waals surface area (Å²) in [5.74, 6) is 1.37. The molecular weight excluding hydrogens is 382 g/mol. The van der Waals surface area contributed by atoms with Crippen molar-refractivity contribution in [2.24, 2.45) is 12.0 Å². The first-order valence-corrected chi connectivity index (χ1v) is 10.6. The zero-order valence-electron chi connectivity index (χ0n) is 18.0. The summed E-state index contributed by atoms with van der Waals surface area (Å²) in [6, 6.07) is 12.2. The largest absolute Gasteiger partial charge is 0.493 e. The molecule has 152 valence electrons. The molecule has 0 aliphatic carbocycles. The van der Waals surface area contributed by atoms with Gasteiger partial charge in [-0.2, -0.15) is 0 Å². The molecule has 6 heteroatoms. The standard InChI is InChI=1S/C23H27N3O2S/c1-14-10-15(2)22(16(3)11-14)25-21-13-18(24-23(29-7)26(21)4)17-8-9-19(27-5)20(12-17)28-6/h8-13H,1-7H3. The van der Waals surface area contributed by atoms with Crippen molar-refractivity contribution in [2.75, 3.05) is 20.5 Å². The van der Waals surface area contributed by atoms with Gasteiger partial charge in [-0.05, 0) is 56.4 Å². The molecule has 0 fully saturated rings. The molecule has 1 heterocycles. The van der Waals surface area contributed by atoms with Crippen LogP contribution in [0.1, 0.15) is 16.7 Å². The zero-order chi connectivity index (χ0) is 21.1. The minimum absolute atomic E-state index is 0.675. The van der Waals surface area contributed by atoms with E-state index in [4.69, 9.17) is 19.5 Å². The van der Waals surface area contributed by atoms with Gasteiger partial charge in [-0.1, -0.05) is 29.5 Å². The molecule has 0 N–H and O–H groups in total. The number of hydrogen-bond acceptors (Lipinski definition) is 5. The van der Waals surface area contributed by atoms with E-state index in [1.165, 1.54) is 5.56 Å². The van der Waals surface area contributed by atoms with Crippen LogP contribution in [0.2, 0.25) is 0 Å². The molecule has 0 aliphatic rings. The summed E-state index contributed by atoms with van der Waals surface area (Å²) in [6.07, 6.45) is 2.02. The van der Waals surface area contributed by atoms with Gasteiger partial charge in [0.2, 0.25) is 0 Å². The lowest BCUT2D eigenvalue weighted by molar-refractivity contribution is 0.355. The normalized spacial score (nSPS) is 11.6. The number of methoxy groups -OCH3 is 2. The highest BCUT2D eigenvalue weighted by atomic mass is 32.2. The number of rotatable bonds is 5. The van der Waals surface area contributed by atoms with Crippen LogP contribution in [0.4, 0.5) is 5.69 Å². The highest BCUT2D eigenvalue weighted by Crippen LogP contribution is 2.32. The predicted molar refractivity (Wildman–Crippen MR) is 119 cm³/mol. The van der Waals surface area contributed by atoms with Crippen molar-refractivity contribution in [3.63, 3.8) is 0 Å². The fraction of sp³-hybridized carbons (Fsp3) is 0.304. The lowest BCUT2D eigenvalue weighted by Gasteiger charge is -2.13. The van der Waals surface area contributed by atoms with E-state index in [1.807, 2.05) is 42.1 Å². The second-order valence-electron chi connectivity index (χ2n) is 6.97. The molecular formula is C23H27N3O2S. The van der Waals surface area contributed by atoms with E-state index < -0.39 is 0 Å². The second-order valence-corrected chi connectivity index (χ2v) is 7.75. The first-order valence-electron chi connectivity index (χ1n) is 9.35. The molecule has 1 aromatic heterocycles. The van der Waals surface area contributed by atoms with Crippen LogP contribution in [0.15, 0.2) is 46.5 Å². The number of thioether (sulfide) groups is 1. The van der Waals surface area contributed by atoms with E-state index in [2.05, 4.69) is 32.9 Å². The Balaban J connectivity index is 2.23. The van der Waals surface area contributed by atoms with Crippen LogP contribution < -0.4 is 15.0 Å². The van der Waals surface area contributed by atoms with Crippen molar-refractivity contribution >= 4 is 17.4 Å². The average Bonchev–Trinajstić information content (AvgIpc) is 2.71. The third-order valence-electron chi connectivity index (χ3n) is 4.84. The van der Waals surface area contributed by atoms with Gasteiger partial charge in [-0.15, -0.1) is 0 Å². The molecule has 0 aliphatic heterocycles. The Labute approximate surface area is 176 Å². The Morgan fingerprint density at radius 3 is 2.17 bits per heavy atom. The second kappa shape index (κ2) is 8.74. The summed E-state index contributed by atoms with van der Waals surface area (Å²) in [6.45, 7) is 6.31. The fourth-order valence-corrected chi connectivity index (χ4v) is 3.98. The zero-order valence-corrected chi connectivity index (χ0v) is 18.8. The SMILES string of the molecule is COc1ccc(-c2cc(=Nc3c(C)cc(C)cc3C)n(C)c(SC)n2)cc1OC. The van der Waals surface area contributed by atoms with Gasteiger partial charge in [-0.25, -0.2) is 9.98 Å².